The number of aryl methyl sites for hydroxylation is 2. The molecule has 1 aromatic heterocycles. The second kappa shape index (κ2) is 8.88. The summed E-state index contributed by atoms with van der Waals surface area (Å²) in [5.74, 6) is -0.346. The van der Waals surface area contributed by atoms with Crippen molar-refractivity contribution in [3.8, 4) is 5.69 Å². The molecule has 0 spiro atoms. The number of hydrogen-bond acceptors (Lipinski definition) is 4. The van der Waals surface area contributed by atoms with Crippen LogP contribution in [0.25, 0.3) is 16.6 Å². The number of carbonyl (C=O) groups excluding carboxylic acids is 1. The van der Waals surface area contributed by atoms with E-state index in [2.05, 4.69) is 5.32 Å². The van der Waals surface area contributed by atoms with Crippen LogP contribution in [0.1, 0.15) is 11.1 Å². The first kappa shape index (κ1) is 21.6. The van der Waals surface area contributed by atoms with Crippen LogP contribution in [-0.2, 0) is 11.3 Å². The summed E-state index contributed by atoms with van der Waals surface area (Å²) in [6, 6.07) is 19.9. The predicted octanol–water partition coefficient (Wildman–Crippen LogP) is 4.13. The minimum absolute atomic E-state index is 0.214. The van der Waals surface area contributed by atoms with Crippen LogP contribution in [0.3, 0.4) is 0 Å². The molecule has 0 saturated carbocycles. The molecule has 0 radical (unpaired) electrons. The summed E-state index contributed by atoms with van der Waals surface area (Å²) in [6.07, 6.45) is 1.96. The molecule has 32 heavy (non-hydrogen) atoms. The van der Waals surface area contributed by atoms with Gasteiger partial charge in [0.25, 0.3) is 5.56 Å². The molecule has 0 fully saturated rings. The number of nitrogens with zero attached hydrogens (tertiary/aromatic N) is 2. The molecule has 0 saturated heterocycles. The number of rotatable bonds is 5. The van der Waals surface area contributed by atoms with Gasteiger partial charge in [0.1, 0.15) is 6.54 Å². The van der Waals surface area contributed by atoms with Crippen molar-refractivity contribution in [2.75, 3.05) is 11.6 Å². The number of amides is 1. The number of carbonyl (C=O) groups is 1. The molecule has 1 N–H and O–H groups in total. The fourth-order valence-electron chi connectivity index (χ4n) is 3.83. The number of fused-ring (bicyclic) bond motifs is 1. The third-order valence-electron chi connectivity index (χ3n) is 5.17. The molecule has 3 aromatic carbocycles. The van der Waals surface area contributed by atoms with E-state index in [9.17, 15) is 14.4 Å². The van der Waals surface area contributed by atoms with E-state index in [-0.39, 0.29) is 12.5 Å². The second-order valence-corrected chi connectivity index (χ2v) is 8.53. The average Bonchev–Trinajstić information content (AvgIpc) is 2.76. The van der Waals surface area contributed by atoms with E-state index in [0.717, 1.165) is 20.6 Å². The highest BCUT2D eigenvalue weighted by Gasteiger charge is 2.17. The van der Waals surface area contributed by atoms with E-state index in [1.54, 1.807) is 54.2 Å². The number of benzene rings is 3. The Hall–Kier alpha value is -3.58. The second-order valence-electron chi connectivity index (χ2n) is 7.65. The Bertz CT molecular complexity index is 1430. The lowest BCUT2D eigenvalue weighted by Crippen LogP contribution is -2.40. The Morgan fingerprint density at radius 3 is 2.38 bits per heavy atom. The molecule has 4 aromatic rings. The zero-order valence-electron chi connectivity index (χ0n) is 18.1. The van der Waals surface area contributed by atoms with Gasteiger partial charge in [-0.2, -0.15) is 0 Å². The monoisotopic (exact) mass is 445 g/mol. The highest BCUT2D eigenvalue weighted by Crippen LogP contribution is 2.19. The predicted molar refractivity (Wildman–Crippen MR) is 130 cm³/mol. The SMILES string of the molecule is CSc1cccc(NC(=O)Cn2c(=O)n(-c3cc(C)cc(C)c3)c(=O)c3ccccc32)c1. The normalized spacial score (nSPS) is 11.0. The molecular formula is C25H23N3O3S. The molecule has 7 heteroatoms. The summed E-state index contributed by atoms with van der Waals surface area (Å²) in [5.41, 5.74) is 2.50. The van der Waals surface area contributed by atoms with Crippen LogP contribution in [0.2, 0.25) is 0 Å². The number of aromatic nitrogens is 2. The summed E-state index contributed by atoms with van der Waals surface area (Å²) in [6.45, 7) is 3.61. The van der Waals surface area contributed by atoms with Crippen molar-refractivity contribution in [1.82, 2.24) is 9.13 Å². The molecule has 162 valence electrons. The largest absolute Gasteiger partial charge is 0.336 e. The molecule has 6 nitrogen and oxygen atoms in total. The zero-order chi connectivity index (χ0) is 22.8. The quantitative estimate of drug-likeness (QED) is 0.469. The van der Waals surface area contributed by atoms with Crippen molar-refractivity contribution in [1.29, 1.82) is 0 Å². The fraction of sp³-hybridized carbons (Fsp3) is 0.160. The molecule has 1 heterocycles. The van der Waals surface area contributed by atoms with Gasteiger partial charge in [0.2, 0.25) is 5.91 Å². The van der Waals surface area contributed by atoms with Crippen molar-refractivity contribution in [3.63, 3.8) is 0 Å². The van der Waals surface area contributed by atoms with Crippen LogP contribution < -0.4 is 16.6 Å². The molecule has 0 aliphatic rings. The first-order valence-electron chi connectivity index (χ1n) is 10.1. The Balaban J connectivity index is 1.83. The summed E-state index contributed by atoms with van der Waals surface area (Å²) < 4.78 is 2.49. The van der Waals surface area contributed by atoms with Gasteiger partial charge in [0, 0.05) is 10.6 Å². The van der Waals surface area contributed by atoms with E-state index in [1.165, 1.54) is 4.57 Å². The van der Waals surface area contributed by atoms with E-state index in [0.29, 0.717) is 22.3 Å². The molecule has 0 atom stereocenters. The van der Waals surface area contributed by atoms with Crippen molar-refractivity contribution in [2.45, 2.75) is 25.3 Å². The number of anilines is 1. The molecular weight excluding hydrogens is 422 g/mol. The summed E-state index contributed by atoms with van der Waals surface area (Å²) in [4.78, 5) is 40.6. The van der Waals surface area contributed by atoms with Gasteiger partial charge in [-0.25, -0.2) is 9.36 Å². The minimum atomic E-state index is -0.549. The lowest BCUT2D eigenvalue weighted by atomic mass is 10.1. The molecule has 0 aliphatic heterocycles. The van der Waals surface area contributed by atoms with E-state index in [1.807, 2.05) is 44.4 Å². The lowest BCUT2D eigenvalue weighted by molar-refractivity contribution is -0.116. The summed E-state index contributed by atoms with van der Waals surface area (Å²) >= 11 is 1.58. The topological polar surface area (TPSA) is 73.1 Å². The van der Waals surface area contributed by atoms with Gasteiger partial charge < -0.3 is 5.32 Å². The van der Waals surface area contributed by atoms with Crippen LogP contribution in [0.4, 0.5) is 5.69 Å². The van der Waals surface area contributed by atoms with Crippen LogP contribution >= 0.6 is 11.8 Å². The van der Waals surface area contributed by atoms with Gasteiger partial charge in [-0.1, -0.05) is 24.3 Å². The first-order chi connectivity index (χ1) is 15.4. The molecule has 4 rings (SSSR count). The van der Waals surface area contributed by atoms with E-state index in [4.69, 9.17) is 0 Å². The Morgan fingerprint density at radius 1 is 0.938 bits per heavy atom. The first-order valence-corrected chi connectivity index (χ1v) is 11.4. The van der Waals surface area contributed by atoms with Gasteiger partial charge in [0.05, 0.1) is 16.6 Å². The van der Waals surface area contributed by atoms with Crippen molar-refractivity contribution >= 4 is 34.3 Å². The fourth-order valence-corrected chi connectivity index (χ4v) is 4.29. The average molecular weight is 446 g/mol. The summed E-state index contributed by atoms with van der Waals surface area (Å²) in [7, 11) is 0. The van der Waals surface area contributed by atoms with Crippen molar-refractivity contribution < 1.29 is 4.79 Å². The Morgan fingerprint density at radius 2 is 1.66 bits per heavy atom. The van der Waals surface area contributed by atoms with Crippen LogP contribution in [0, 0.1) is 13.8 Å². The molecule has 1 amide bonds. The van der Waals surface area contributed by atoms with Crippen LogP contribution in [-0.4, -0.2) is 21.3 Å². The maximum Gasteiger partial charge on any atom is 0.336 e. The van der Waals surface area contributed by atoms with Crippen LogP contribution in [0.15, 0.2) is 81.2 Å². The third-order valence-corrected chi connectivity index (χ3v) is 5.90. The van der Waals surface area contributed by atoms with Gasteiger partial charge in [-0.05, 0) is 73.7 Å². The third kappa shape index (κ3) is 4.24. The van der Waals surface area contributed by atoms with Gasteiger partial charge >= 0.3 is 5.69 Å². The minimum Gasteiger partial charge on any atom is -0.324 e. The number of para-hydroxylation sites is 1. The molecule has 0 bridgehead atoms. The number of hydrogen-bond donors (Lipinski definition) is 1. The number of thioether (sulfide) groups is 1. The lowest BCUT2D eigenvalue weighted by Gasteiger charge is -2.15. The highest BCUT2D eigenvalue weighted by molar-refractivity contribution is 7.98. The maximum absolute atomic E-state index is 13.5. The van der Waals surface area contributed by atoms with Gasteiger partial charge in [-0.3, -0.25) is 14.2 Å². The zero-order valence-corrected chi connectivity index (χ0v) is 18.9. The Labute approximate surface area is 189 Å². The van der Waals surface area contributed by atoms with Crippen molar-refractivity contribution in [2.24, 2.45) is 0 Å². The summed E-state index contributed by atoms with van der Waals surface area (Å²) in [5, 5.41) is 3.23. The van der Waals surface area contributed by atoms with E-state index >= 15 is 0 Å². The Kier molecular flexibility index (Phi) is 6.01. The van der Waals surface area contributed by atoms with Crippen molar-refractivity contribution in [3.05, 3.63) is 98.7 Å². The smallest absolute Gasteiger partial charge is 0.324 e. The van der Waals surface area contributed by atoms with Gasteiger partial charge in [0.15, 0.2) is 0 Å². The molecule has 0 aliphatic carbocycles. The number of nitrogens with one attached hydrogen (secondary N) is 1. The standard InChI is InChI=1S/C25H23N3O3S/c1-16-11-17(2)13-19(12-16)28-24(30)21-9-4-5-10-22(21)27(25(28)31)15-23(29)26-18-7-6-8-20(14-18)32-3/h4-14H,15H2,1-3H3,(H,26,29). The van der Waals surface area contributed by atoms with Gasteiger partial charge in [-0.15, -0.1) is 11.8 Å². The molecule has 0 unspecified atom stereocenters. The van der Waals surface area contributed by atoms with E-state index < -0.39 is 11.2 Å². The van der Waals surface area contributed by atoms with Crippen LogP contribution in [0.5, 0.6) is 0 Å². The highest BCUT2D eigenvalue weighted by atomic mass is 32.2. The maximum atomic E-state index is 13.5.